The molecular weight excluding hydrogens is 458 g/mol. The summed E-state index contributed by atoms with van der Waals surface area (Å²) in [4.78, 5) is 32.8. The van der Waals surface area contributed by atoms with Crippen LogP contribution in [0.4, 0.5) is 0 Å². The lowest BCUT2D eigenvalue weighted by Gasteiger charge is -2.37. The van der Waals surface area contributed by atoms with Crippen LogP contribution < -0.4 is 10.3 Å². The van der Waals surface area contributed by atoms with Gasteiger partial charge in [-0.2, -0.15) is 0 Å². The maximum absolute atomic E-state index is 13.9. The van der Waals surface area contributed by atoms with E-state index in [4.69, 9.17) is 9.47 Å². The highest BCUT2D eigenvalue weighted by Gasteiger charge is 2.34. The van der Waals surface area contributed by atoms with Crippen LogP contribution in [0.3, 0.4) is 0 Å². The van der Waals surface area contributed by atoms with Gasteiger partial charge in [0.1, 0.15) is 11.5 Å². The number of rotatable bonds is 8. The maximum atomic E-state index is 13.9. The summed E-state index contributed by atoms with van der Waals surface area (Å²) >= 11 is 0. The number of piperidine rings is 1. The Morgan fingerprint density at radius 3 is 2.61 bits per heavy atom. The first-order valence-corrected chi connectivity index (χ1v) is 12.3. The SMILES string of the molecule is CCOC(=O)C1CCN([C@@H](c2cccc(OC)c2)c2c(O)cc(C)n(Cc3ccccn3)c2=O)CC1. The summed E-state index contributed by atoms with van der Waals surface area (Å²) in [5, 5.41) is 11.1. The molecule has 8 nitrogen and oxygen atoms in total. The minimum Gasteiger partial charge on any atom is -0.507 e. The Morgan fingerprint density at radius 2 is 1.94 bits per heavy atom. The van der Waals surface area contributed by atoms with Crippen LogP contribution in [0.25, 0.3) is 0 Å². The Labute approximate surface area is 211 Å². The van der Waals surface area contributed by atoms with Crippen molar-refractivity contribution in [3.63, 3.8) is 0 Å². The number of aromatic hydroxyl groups is 1. The van der Waals surface area contributed by atoms with Gasteiger partial charge in [-0.15, -0.1) is 0 Å². The number of aromatic nitrogens is 2. The van der Waals surface area contributed by atoms with E-state index < -0.39 is 6.04 Å². The molecular formula is C28H33N3O5. The zero-order valence-electron chi connectivity index (χ0n) is 21.0. The van der Waals surface area contributed by atoms with Crippen LogP contribution in [0.2, 0.25) is 0 Å². The van der Waals surface area contributed by atoms with Crippen molar-refractivity contribution >= 4 is 5.97 Å². The van der Waals surface area contributed by atoms with E-state index >= 15 is 0 Å². The molecule has 0 saturated carbocycles. The molecule has 0 spiro atoms. The van der Waals surface area contributed by atoms with E-state index in [0.717, 1.165) is 11.3 Å². The van der Waals surface area contributed by atoms with Crippen molar-refractivity contribution < 1.29 is 19.4 Å². The predicted molar refractivity (Wildman–Crippen MR) is 136 cm³/mol. The van der Waals surface area contributed by atoms with Crippen molar-refractivity contribution in [2.45, 2.75) is 39.3 Å². The van der Waals surface area contributed by atoms with Crippen molar-refractivity contribution in [1.29, 1.82) is 0 Å². The average molecular weight is 492 g/mol. The Bertz CT molecular complexity index is 1250. The van der Waals surface area contributed by atoms with Gasteiger partial charge in [-0.25, -0.2) is 0 Å². The molecule has 1 aliphatic rings. The highest BCUT2D eigenvalue weighted by Crippen LogP contribution is 2.36. The van der Waals surface area contributed by atoms with Crippen molar-refractivity contribution in [1.82, 2.24) is 14.5 Å². The first-order valence-electron chi connectivity index (χ1n) is 12.3. The van der Waals surface area contributed by atoms with Crippen molar-refractivity contribution in [3.8, 4) is 11.5 Å². The van der Waals surface area contributed by atoms with Gasteiger partial charge in [0, 0.05) is 11.9 Å². The van der Waals surface area contributed by atoms with Gasteiger partial charge in [-0.1, -0.05) is 18.2 Å². The number of benzene rings is 1. The van der Waals surface area contributed by atoms with Gasteiger partial charge in [0.25, 0.3) is 5.56 Å². The number of carbonyl (C=O) groups excluding carboxylic acids is 1. The zero-order valence-corrected chi connectivity index (χ0v) is 21.0. The van der Waals surface area contributed by atoms with Crippen molar-refractivity contribution in [2.24, 2.45) is 5.92 Å². The molecule has 2 aromatic heterocycles. The number of nitrogens with zero attached hydrogens (tertiary/aromatic N) is 3. The summed E-state index contributed by atoms with van der Waals surface area (Å²) in [7, 11) is 1.60. The van der Waals surface area contributed by atoms with Gasteiger partial charge < -0.3 is 19.1 Å². The second-order valence-corrected chi connectivity index (χ2v) is 9.04. The number of aryl methyl sites for hydroxylation is 1. The summed E-state index contributed by atoms with van der Waals surface area (Å²) in [6, 6.07) is 14.3. The fourth-order valence-electron chi connectivity index (χ4n) is 4.90. The van der Waals surface area contributed by atoms with Gasteiger partial charge in [-0.05, 0) is 75.7 Å². The summed E-state index contributed by atoms with van der Waals surface area (Å²) in [5.74, 6) is 0.278. The minimum absolute atomic E-state index is 0.0462. The number of hydrogen-bond acceptors (Lipinski definition) is 7. The molecule has 1 fully saturated rings. The number of likely N-dealkylation sites (tertiary alicyclic amines) is 1. The molecule has 1 aliphatic heterocycles. The molecule has 1 N–H and O–H groups in total. The maximum Gasteiger partial charge on any atom is 0.309 e. The Morgan fingerprint density at radius 1 is 1.17 bits per heavy atom. The monoisotopic (exact) mass is 491 g/mol. The van der Waals surface area contributed by atoms with Crippen LogP contribution in [0, 0.1) is 12.8 Å². The Hall–Kier alpha value is -3.65. The number of hydrogen-bond donors (Lipinski definition) is 1. The molecule has 0 amide bonds. The van der Waals surface area contributed by atoms with Gasteiger partial charge in [0.15, 0.2) is 0 Å². The molecule has 1 aromatic carbocycles. The molecule has 36 heavy (non-hydrogen) atoms. The standard InChI is InChI=1S/C28H33N3O5/c1-4-36-28(34)20-11-14-30(15-12-20)26(21-8-7-10-23(17-21)35-3)25-24(32)16-19(2)31(27(25)33)18-22-9-5-6-13-29-22/h5-10,13,16-17,20,26,32H,4,11-12,14-15,18H2,1-3H3/t26-/m0/s1. The van der Waals surface area contributed by atoms with E-state index in [1.807, 2.05) is 49.4 Å². The lowest BCUT2D eigenvalue weighted by molar-refractivity contribution is -0.149. The Balaban J connectivity index is 1.76. The van der Waals surface area contributed by atoms with Crippen LogP contribution in [0.5, 0.6) is 11.5 Å². The van der Waals surface area contributed by atoms with Gasteiger partial charge >= 0.3 is 5.97 Å². The van der Waals surface area contributed by atoms with E-state index in [1.54, 1.807) is 30.9 Å². The summed E-state index contributed by atoms with van der Waals surface area (Å²) in [6.45, 7) is 5.44. The molecule has 8 heteroatoms. The molecule has 4 rings (SSSR count). The molecule has 1 saturated heterocycles. The van der Waals surface area contributed by atoms with Gasteiger partial charge in [0.2, 0.25) is 0 Å². The second-order valence-electron chi connectivity index (χ2n) is 9.04. The van der Waals surface area contributed by atoms with Crippen molar-refractivity contribution in [3.05, 3.63) is 87.6 Å². The summed E-state index contributed by atoms with van der Waals surface area (Å²) in [5.41, 5.74) is 2.28. The van der Waals surface area contributed by atoms with E-state index in [1.165, 1.54) is 0 Å². The topological polar surface area (TPSA) is 93.9 Å². The lowest BCUT2D eigenvalue weighted by Crippen LogP contribution is -2.42. The fraction of sp³-hybridized carbons (Fsp3) is 0.393. The molecule has 0 radical (unpaired) electrons. The van der Waals surface area contributed by atoms with E-state index in [0.29, 0.717) is 56.1 Å². The summed E-state index contributed by atoms with van der Waals surface area (Å²) in [6.07, 6.45) is 2.94. The molecule has 0 bridgehead atoms. The molecule has 190 valence electrons. The van der Waals surface area contributed by atoms with E-state index in [2.05, 4.69) is 9.88 Å². The lowest BCUT2D eigenvalue weighted by atomic mass is 9.91. The summed E-state index contributed by atoms with van der Waals surface area (Å²) < 4.78 is 12.3. The zero-order chi connectivity index (χ0) is 25.7. The smallest absolute Gasteiger partial charge is 0.309 e. The number of pyridine rings is 2. The number of carbonyl (C=O) groups is 1. The number of methoxy groups -OCH3 is 1. The van der Waals surface area contributed by atoms with E-state index in [-0.39, 0.29) is 23.2 Å². The third-order valence-electron chi connectivity index (χ3n) is 6.77. The first-order chi connectivity index (χ1) is 17.4. The molecule has 3 heterocycles. The first kappa shape index (κ1) is 25.4. The molecule has 3 aromatic rings. The van der Waals surface area contributed by atoms with Crippen LogP contribution in [0.1, 0.15) is 48.3 Å². The third kappa shape index (κ3) is 5.44. The van der Waals surface area contributed by atoms with Crippen LogP contribution in [-0.4, -0.2) is 52.3 Å². The molecule has 1 atom stereocenters. The second kappa shape index (κ2) is 11.4. The largest absolute Gasteiger partial charge is 0.507 e. The predicted octanol–water partition coefficient (Wildman–Crippen LogP) is 3.68. The number of esters is 1. The van der Waals surface area contributed by atoms with Crippen molar-refractivity contribution in [2.75, 3.05) is 26.8 Å². The van der Waals surface area contributed by atoms with Crippen LogP contribution in [-0.2, 0) is 16.1 Å². The number of ether oxygens (including phenoxy) is 2. The van der Waals surface area contributed by atoms with Gasteiger partial charge in [-0.3, -0.25) is 19.5 Å². The fourth-order valence-corrected chi connectivity index (χ4v) is 4.90. The van der Waals surface area contributed by atoms with Crippen LogP contribution in [0.15, 0.2) is 59.5 Å². The van der Waals surface area contributed by atoms with Crippen LogP contribution >= 0.6 is 0 Å². The highest BCUT2D eigenvalue weighted by atomic mass is 16.5. The molecule has 0 unspecified atom stereocenters. The Kier molecular flexibility index (Phi) is 8.05. The highest BCUT2D eigenvalue weighted by molar-refractivity contribution is 5.72. The average Bonchev–Trinajstić information content (AvgIpc) is 2.90. The van der Waals surface area contributed by atoms with E-state index in [9.17, 15) is 14.7 Å². The molecule has 0 aliphatic carbocycles. The quantitative estimate of drug-likeness (QED) is 0.481. The minimum atomic E-state index is -0.508. The van der Waals surface area contributed by atoms with Gasteiger partial charge in [0.05, 0.1) is 43.5 Å². The third-order valence-corrected chi connectivity index (χ3v) is 6.77. The normalized spacial score (nSPS) is 15.4.